The summed E-state index contributed by atoms with van der Waals surface area (Å²) in [6, 6.07) is 6.37. The predicted octanol–water partition coefficient (Wildman–Crippen LogP) is 3.15. The molecule has 1 unspecified atom stereocenters. The lowest BCUT2D eigenvalue weighted by atomic mass is 9.73. The number of ether oxygens (including phenoxy) is 1. The van der Waals surface area contributed by atoms with E-state index in [0.29, 0.717) is 37.5 Å². The van der Waals surface area contributed by atoms with Gasteiger partial charge in [0.2, 0.25) is 5.91 Å². The summed E-state index contributed by atoms with van der Waals surface area (Å²) >= 11 is 6.10. The summed E-state index contributed by atoms with van der Waals surface area (Å²) in [5, 5.41) is 12.7. The van der Waals surface area contributed by atoms with Gasteiger partial charge in [0.25, 0.3) is 0 Å². The summed E-state index contributed by atoms with van der Waals surface area (Å²) < 4.78 is 5.41. The molecule has 1 aromatic rings. The zero-order chi connectivity index (χ0) is 17.6. The van der Waals surface area contributed by atoms with Crippen LogP contribution in [0.2, 0.25) is 5.02 Å². The topological polar surface area (TPSA) is 75.6 Å². The molecule has 6 heteroatoms. The van der Waals surface area contributed by atoms with Gasteiger partial charge in [-0.25, -0.2) is 4.79 Å². The lowest BCUT2D eigenvalue weighted by molar-refractivity contribution is -0.144. The monoisotopic (exact) mass is 353 g/mol. The molecular weight excluding hydrogens is 330 g/mol. The second-order valence-electron chi connectivity index (χ2n) is 6.21. The number of carboxylic acid groups (broad SMARTS) is 1. The number of rotatable bonds is 7. The van der Waals surface area contributed by atoms with Gasteiger partial charge in [-0.05, 0) is 37.0 Å². The van der Waals surface area contributed by atoms with Crippen LogP contribution in [-0.2, 0) is 19.7 Å². The van der Waals surface area contributed by atoms with Gasteiger partial charge in [-0.3, -0.25) is 4.79 Å². The molecule has 132 valence electrons. The number of amides is 1. The van der Waals surface area contributed by atoms with Crippen molar-refractivity contribution < 1.29 is 19.4 Å². The standard InChI is InChI=1S/C18H24ClNO4/c1-2-3-7-15(16(21)22)20-17(23)18(8-10-24-11-9-18)13-5-4-6-14(19)12-13/h4-6,12,15H,2-3,7-11H2,1H3,(H,20,23)(H,21,22). The van der Waals surface area contributed by atoms with E-state index in [1.54, 1.807) is 12.1 Å². The first kappa shape index (κ1) is 18.7. The molecule has 0 radical (unpaired) electrons. The zero-order valence-corrected chi connectivity index (χ0v) is 14.6. The van der Waals surface area contributed by atoms with E-state index in [1.807, 2.05) is 19.1 Å². The van der Waals surface area contributed by atoms with Crippen molar-refractivity contribution in [3.63, 3.8) is 0 Å². The third kappa shape index (κ3) is 4.28. The van der Waals surface area contributed by atoms with Crippen LogP contribution in [0, 0.1) is 0 Å². The van der Waals surface area contributed by atoms with Gasteiger partial charge in [-0.15, -0.1) is 0 Å². The van der Waals surface area contributed by atoms with Crippen molar-refractivity contribution in [3.05, 3.63) is 34.9 Å². The summed E-state index contributed by atoms with van der Waals surface area (Å²) in [6.07, 6.45) is 3.09. The van der Waals surface area contributed by atoms with Crippen LogP contribution in [0.1, 0.15) is 44.6 Å². The molecule has 1 aliphatic heterocycles. The second-order valence-corrected chi connectivity index (χ2v) is 6.65. The lowest BCUT2D eigenvalue weighted by Crippen LogP contribution is -2.52. The van der Waals surface area contributed by atoms with Crippen molar-refractivity contribution in [1.29, 1.82) is 0 Å². The van der Waals surface area contributed by atoms with Crippen LogP contribution < -0.4 is 5.32 Å². The number of carbonyl (C=O) groups excluding carboxylic acids is 1. The number of aliphatic carboxylic acids is 1. The summed E-state index contributed by atoms with van der Waals surface area (Å²) in [5.74, 6) is -1.25. The summed E-state index contributed by atoms with van der Waals surface area (Å²) in [6.45, 7) is 2.92. The summed E-state index contributed by atoms with van der Waals surface area (Å²) in [7, 11) is 0. The molecule has 0 bridgehead atoms. The van der Waals surface area contributed by atoms with Crippen LogP contribution >= 0.6 is 11.6 Å². The van der Waals surface area contributed by atoms with Crippen LogP contribution in [0.5, 0.6) is 0 Å². The Morgan fingerprint density at radius 3 is 2.67 bits per heavy atom. The highest BCUT2D eigenvalue weighted by molar-refractivity contribution is 6.30. The van der Waals surface area contributed by atoms with Crippen LogP contribution in [0.3, 0.4) is 0 Å². The Kier molecular flexibility index (Phi) is 6.63. The number of nitrogens with one attached hydrogen (secondary N) is 1. The first-order valence-electron chi connectivity index (χ1n) is 8.37. The Hall–Kier alpha value is -1.59. The van der Waals surface area contributed by atoms with E-state index in [-0.39, 0.29) is 5.91 Å². The van der Waals surface area contributed by atoms with Gasteiger partial charge in [0.1, 0.15) is 6.04 Å². The molecule has 1 aliphatic rings. The van der Waals surface area contributed by atoms with E-state index < -0.39 is 17.4 Å². The Bertz CT molecular complexity index is 584. The minimum atomic E-state index is -0.995. The van der Waals surface area contributed by atoms with E-state index in [2.05, 4.69) is 5.32 Å². The fourth-order valence-corrected chi connectivity index (χ4v) is 3.31. The summed E-state index contributed by atoms with van der Waals surface area (Å²) in [4.78, 5) is 24.5. The molecule has 1 aromatic carbocycles. The number of halogens is 1. The molecule has 1 saturated heterocycles. The molecule has 1 fully saturated rings. The SMILES string of the molecule is CCCCC(NC(=O)C1(c2cccc(Cl)c2)CCOCC1)C(=O)O. The van der Waals surface area contributed by atoms with Crippen molar-refractivity contribution in [2.75, 3.05) is 13.2 Å². The molecule has 24 heavy (non-hydrogen) atoms. The van der Waals surface area contributed by atoms with Gasteiger partial charge in [0, 0.05) is 18.2 Å². The number of hydrogen-bond acceptors (Lipinski definition) is 3. The third-order valence-corrected chi connectivity index (χ3v) is 4.84. The van der Waals surface area contributed by atoms with Crippen LogP contribution in [0.25, 0.3) is 0 Å². The summed E-state index contributed by atoms with van der Waals surface area (Å²) in [5.41, 5.74) is 0.0266. The quantitative estimate of drug-likeness (QED) is 0.789. The van der Waals surface area contributed by atoms with Gasteiger partial charge in [0.05, 0.1) is 5.41 Å². The van der Waals surface area contributed by atoms with Crippen molar-refractivity contribution in [2.45, 2.75) is 50.5 Å². The number of carboxylic acids is 1. The minimum Gasteiger partial charge on any atom is -0.480 e. The largest absolute Gasteiger partial charge is 0.480 e. The van der Waals surface area contributed by atoms with E-state index in [9.17, 15) is 14.7 Å². The molecule has 2 N–H and O–H groups in total. The molecule has 1 atom stereocenters. The molecule has 0 spiro atoms. The van der Waals surface area contributed by atoms with Crippen molar-refractivity contribution in [2.24, 2.45) is 0 Å². The smallest absolute Gasteiger partial charge is 0.326 e. The van der Waals surface area contributed by atoms with Gasteiger partial charge in [-0.1, -0.05) is 43.5 Å². The van der Waals surface area contributed by atoms with Crippen LogP contribution in [0.4, 0.5) is 0 Å². The minimum absolute atomic E-state index is 0.253. The zero-order valence-electron chi connectivity index (χ0n) is 13.9. The average Bonchev–Trinajstić information content (AvgIpc) is 2.58. The molecular formula is C18H24ClNO4. The van der Waals surface area contributed by atoms with Crippen molar-refractivity contribution in [3.8, 4) is 0 Å². The molecule has 0 saturated carbocycles. The van der Waals surface area contributed by atoms with Crippen LogP contribution in [0.15, 0.2) is 24.3 Å². The van der Waals surface area contributed by atoms with Gasteiger partial charge < -0.3 is 15.2 Å². The van der Waals surface area contributed by atoms with E-state index in [0.717, 1.165) is 18.4 Å². The second kappa shape index (κ2) is 8.49. The van der Waals surface area contributed by atoms with Gasteiger partial charge >= 0.3 is 5.97 Å². The Labute approximate surface area is 147 Å². The number of hydrogen-bond donors (Lipinski definition) is 2. The first-order valence-corrected chi connectivity index (χ1v) is 8.75. The lowest BCUT2D eigenvalue weighted by Gasteiger charge is -2.37. The van der Waals surface area contributed by atoms with E-state index >= 15 is 0 Å². The van der Waals surface area contributed by atoms with Crippen molar-refractivity contribution in [1.82, 2.24) is 5.32 Å². The fraction of sp³-hybridized carbons (Fsp3) is 0.556. The highest BCUT2D eigenvalue weighted by atomic mass is 35.5. The van der Waals surface area contributed by atoms with Crippen LogP contribution in [-0.4, -0.2) is 36.2 Å². The molecule has 1 amide bonds. The highest BCUT2D eigenvalue weighted by Crippen LogP contribution is 2.36. The van der Waals surface area contributed by atoms with Gasteiger partial charge in [0.15, 0.2) is 0 Å². The van der Waals surface area contributed by atoms with E-state index in [1.165, 1.54) is 0 Å². The third-order valence-electron chi connectivity index (χ3n) is 4.61. The molecule has 0 aliphatic carbocycles. The number of unbranched alkanes of at least 4 members (excludes halogenated alkanes) is 1. The average molecular weight is 354 g/mol. The number of benzene rings is 1. The Balaban J connectivity index is 2.26. The highest BCUT2D eigenvalue weighted by Gasteiger charge is 2.43. The molecule has 5 nitrogen and oxygen atoms in total. The fourth-order valence-electron chi connectivity index (χ4n) is 3.11. The van der Waals surface area contributed by atoms with Crippen molar-refractivity contribution >= 4 is 23.5 Å². The maximum absolute atomic E-state index is 13.0. The van der Waals surface area contributed by atoms with E-state index in [4.69, 9.17) is 16.3 Å². The molecule has 1 heterocycles. The predicted molar refractivity (Wildman–Crippen MR) is 92.3 cm³/mol. The molecule has 2 rings (SSSR count). The normalized spacial score (nSPS) is 17.9. The van der Waals surface area contributed by atoms with Gasteiger partial charge in [-0.2, -0.15) is 0 Å². The first-order chi connectivity index (χ1) is 11.5. The maximum Gasteiger partial charge on any atom is 0.326 e. The molecule has 0 aromatic heterocycles. The number of carbonyl (C=O) groups is 2. The maximum atomic E-state index is 13.0. The Morgan fingerprint density at radius 1 is 1.38 bits per heavy atom. The Morgan fingerprint density at radius 2 is 2.08 bits per heavy atom.